The number of aromatic nitrogens is 2. The Morgan fingerprint density at radius 3 is 2.27 bits per heavy atom. The second-order valence-corrected chi connectivity index (χ2v) is 2.90. The largest absolute Gasteiger partial charge is 0.241 e. The fourth-order valence-corrected chi connectivity index (χ4v) is 0.866. The summed E-state index contributed by atoms with van der Waals surface area (Å²) < 4.78 is 1.83. The van der Waals surface area contributed by atoms with Crippen LogP contribution in [0, 0.1) is 0 Å². The van der Waals surface area contributed by atoms with Crippen molar-refractivity contribution >= 4 is 5.52 Å². The molecule has 0 atom stereocenters. The number of unbranched alkanes of at least 4 members (excludes halogenated alkanes) is 1. The summed E-state index contributed by atoms with van der Waals surface area (Å²) in [5, 5.41) is 4.04. The summed E-state index contributed by atoms with van der Waals surface area (Å²) in [6, 6.07) is 7.95. The van der Waals surface area contributed by atoms with E-state index in [1.54, 1.807) is 6.20 Å². The fourth-order valence-electron chi connectivity index (χ4n) is 0.866. The Balaban J connectivity index is 0.000000282. The average Bonchev–Trinajstić information content (AvgIpc) is 2.80. The zero-order chi connectivity index (χ0) is 11.5. The van der Waals surface area contributed by atoms with Gasteiger partial charge in [-0.2, -0.15) is 5.10 Å². The molecular weight excluding hydrogens is 184 g/mol. The average molecular weight is 206 g/mol. The second kappa shape index (κ2) is 9.25. The van der Waals surface area contributed by atoms with Crippen molar-refractivity contribution in [1.82, 2.24) is 9.61 Å². The molecule has 2 rings (SSSR count). The van der Waals surface area contributed by atoms with Gasteiger partial charge in [-0.3, -0.25) is 0 Å². The molecule has 84 valence electrons. The third-order valence-corrected chi connectivity index (χ3v) is 1.81. The highest BCUT2D eigenvalue weighted by Crippen LogP contribution is 1.98. The number of pyridine rings is 1. The van der Waals surface area contributed by atoms with E-state index < -0.39 is 0 Å². The van der Waals surface area contributed by atoms with Crippen LogP contribution in [0.15, 0.2) is 36.7 Å². The third kappa shape index (κ3) is 5.21. The molecule has 0 amide bonds. The Hall–Kier alpha value is -1.31. The van der Waals surface area contributed by atoms with Crippen molar-refractivity contribution in [2.45, 2.75) is 40.5 Å². The van der Waals surface area contributed by atoms with E-state index in [0.29, 0.717) is 0 Å². The Morgan fingerprint density at radius 2 is 1.73 bits per heavy atom. The van der Waals surface area contributed by atoms with Crippen LogP contribution in [0.4, 0.5) is 0 Å². The van der Waals surface area contributed by atoms with Gasteiger partial charge < -0.3 is 0 Å². The Labute approximate surface area is 92.9 Å². The van der Waals surface area contributed by atoms with Gasteiger partial charge in [0, 0.05) is 12.4 Å². The van der Waals surface area contributed by atoms with Gasteiger partial charge in [0.05, 0.1) is 5.52 Å². The molecule has 2 aromatic heterocycles. The lowest BCUT2D eigenvalue weighted by atomic mass is 10.4. The first kappa shape index (κ1) is 13.7. The number of nitrogens with zero attached hydrogens (tertiary/aromatic N) is 2. The Bertz CT molecular complexity index is 307. The molecule has 0 unspecified atom stereocenters. The van der Waals surface area contributed by atoms with Crippen molar-refractivity contribution in [2.24, 2.45) is 0 Å². The van der Waals surface area contributed by atoms with Gasteiger partial charge in [0.15, 0.2) is 0 Å². The molecule has 0 aliphatic heterocycles. The topological polar surface area (TPSA) is 17.3 Å². The summed E-state index contributed by atoms with van der Waals surface area (Å²) in [6.07, 6.45) is 6.35. The molecule has 0 saturated heterocycles. The van der Waals surface area contributed by atoms with Crippen LogP contribution in [-0.4, -0.2) is 9.61 Å². The molecule has 0 aliphatic carbocycles. The van der Waals surface area contributed by atoms with Crippen molar-refractivity contribution in [3.8, 4) is 0 Å². The van der Waals surface area contributed by atoms with Gasteiger partial charge in [-0.25, -0.2) is 4.52 Å². The molecule has 15 heavy (non-hydrogen) atoms. The number of hydrogen-bond acceptors (Lipinski definition) is 1. The predicted molar refractivity (Wildman–Crippen MR) is 67.1 cm³/mol. The van der Waals surface area contributed by atoms with Gasteiger partial charge in [0.25, 0.3) is 0 Å². The van der Waals surface area contributed by atoms with Crippen molar-refractivity contribution in [2.75, 3.05) is 0 Å². The molecule has 0 bridgehead atoms. The molecular formula is C13H22N2. The van der Waals surface area contributed by atoms with Crippen LogP contribution in [-0.2, 0) is 0 Å². The zero-order valence-electron chi connectivity index (χ0n) is 10.3. The molecule has 2 heterocycles. The van der Waals surface area contributed by atoms with Crippen molar-refractivity contribution in [3.63, 3.8) is 0 Å². The van der Waals surface area contributed by atoms with E-state index in [0.717, 1.165) is 5.52 Å². The Morgan fingerprint density at radius 1 is 1.07 bits per heavy atom. The minimum atomic E-state index is 1.14. The van der Waals surface area contributed by atoms with Gasteiger partial charge in [-0.05, 0) is 18.2 Å². The molecule has 2 aromatic rings. The maximum absolute atomic E-state index is 4.04. The van der Waals surface area contributed by atoms with Gasteiger partial charge in [-0.1, -0.05) is 46.6 Å². The molecule has 0 saturated carbocycles. The fraction of sp³-hybridized carbons (Fsp3) is 0.462. The lowest BCUT2D eigenvalue weighted by molar-refractivity contribution is 0.886. The van der Waals surface area contributed by atoms with Crippen LogP contribution in [0.3, 0.4) is 0 Å². The van der Waals surface area contributed by atoms with Crippen LogP contribution < -0.4 is 0 Å². The first-order valence-electron chi connectivity index (χ1n) is 5.76. The van der Waals surface area contributed by atoms with Gasteiger partial charge in [-0.15, -0.1) is 0 Å². The summed E-state index contributed by atoms with van der Waals surface area (Å²) in [7, 11) is 0. The van der Waals surface area contributed by atoms with E-state index in [1.807, 2.05) is 48.8 Å². The summed E-state index contributed by atoms with van der Waals surface area (Å²) in [4.78, 5) is 0. The van der Waals surface area contributed by atoms with Gasteiger partial charge in [0.1, 0.15) is 0 Å². The second-order valence-electron chi connectivity index (χ2n) is 2.90. The normalized spacial score (nSPS) is 8.53. The van der Waals surface area contributed by atoms with E-state index >= 15 is 0 Å². The summed E-state index contributed by atoms with van der Waals surface area (Å²) in [5.74, 6) is 0. The van der Waals surface area contributed by atoms with E-state index in [1.165, 1.54) is 12.8 Å². The standard InChI is InChI=1S/C7H6N2.C4H10.C2H6/c1-2-6-9-7(3-1)4-5-8-9;1-3-4-2;1-2/h1-6H;3-4H2,1-2H3;1-2H3. The third-order valence-electron chi connectivity index (χ3n) is 1.81. The SMILES string of the molecule is CC.CCCC.c1ccn2nccc2c1. The van der Waals surface area contributed by atoms with E-state index in [4.69, 9.17) is 0 Å². The number of hydrogen-bond donors (Lipinski definition) is 0. The van der Waals surface area contributed by atoms with Crippen LogP contribution in [0.5, 0.6) is 0 Å². The van der Waals surface area contributed by atoms with E-state index in [-0.39, 0.29) is 0 Å². The molecule has 0 spiro atoms. The maximum Gasteiger partial charge on any atom is 0.0661 e. The monoisotopic (exact) mass is 206 g/mol. The first-order valence-corrected chi connectivity index (χ1v) is 5.76. The van der Waals surface area contributed by atoms with Crippen molar-refractivity contribution in [3.05, 3.63) is 36.7 Å². The molecule has 0 aliphatic rings. The summed E-state index contributed by atoms with van der Waals surface area (Å²) in [5.41, 5.74) is 1.14. The van der Waals surface area contributed by atoms with Gasteiger partial charge in [0.2, 0.25) is 0 Å². The molecule has 0 radical (unpaired) electrons. The minimum Gasteiger partial charge on any atom is -0.241 e. The van der Waals surface area contributed by atoms with E-state index in [9.17, 15) is 0 Å². The molecule has 2 nitrogen and oxygen atoms in total. The number of fused-ring (bicyclic) bond motifs is 1. The highest BCUT2D eigenvalue weighted by molar-refractivity contribution is 5.44. The lowest BCUT2D eigenvalue weighted by Crippen LogP contribution is -1.81. The van der Waals surface area contributed by atoms with Crippen LogP contribution in [0.2, 0.25) is 0 Å². The van der Waals surface area contributed by atoms with Crippen LogP contribution in [0.1, 0.15) is 40.5 Å². The van der Waals surface area contributed by atoms with Crippen LogP contribution in [0.25, 0.3) is 5.52 Å². The molecule has 2 heteroatoms. The van der Waals surface area contributed by atoms with Crippen molar-refractivity contribution < 1.29 is 0 Å². The molecule has 0 fully saturated rings. The highest BCUT2D eigenvalue weighted by Gasteiger charge is 1.85. The quantitative estimate of drug-likeness (QED) is 0.684. The van der Waals surface area contributed by atoms with Crippen molar-refractivity contribution in [1.29, 1.82) is 0 Å². The van der Waals surface area contributed by atoms with Gasteiger partial charge >= 0.3 is 0 Å². The lowest BCUT2D eigenvalue weighted by Gasteiger charge is -1.86. The predicted octanol–water partition coefficient (Wildman–Crippen LogP) is 4.17. The summed E-state index contributed by atoms with van der Waals surface area (Å²) in [6.45, 7) is 8.36. The minimum absolute atomic E-state index is 1.14. The van der Waals surface area contributed by atoms with E-state index in [2.05, 4.69) is 18.9 Å². The zero-order valence-corrected chi connectivity index (χ0v) is 10.3. The maximum atomic E-state index is 4.04. The Kier molecular flexibility index (Phi) is 8.44. The molecule has 0 N–H and O–H groups in total. The van der Waals surface area contributed by atoms with Crippen LogP contribution >= 0.6 is 0 Å². The smallest absolute Gasteiger partial charge is 0.0661 e. The summed E-state index contributed by atoms with van der Waals surface area (Å²) >= 11 is 0. The first-order chi connectivity index (χ1) is 7.38. The number of rotatable bonds is 1. The highest BCUT2D eigenvalue weighted by atomic mass is 15.2. The molecule has 0 aromatic carbocycles.